The van der Waals surface area contributed by atoms with Crippen molar-refractivity contribution in [1.82, 2.24) is 14.8 Å². The van der Waals surface area contributed by atoms with E-state index in [1.807, 2.05) is 42.5 Å². The molecule has 0 aliphatic rings. The highest BCUT2D eigenvalue weighted by molar-refractivity contribution is 5.88. The Bertz CT molecular complexity index is 953. The molecule has 1 aromatic heterocycles. The molecule has 30 heavy (non-hydrogen) atoms. The maximum atomic E-state index is 11.7. The second kappa shape index (κ2) is 10.7. The molecule has 0 spiro atoms. The van der Waals surface area contributed by atoms with Crippen LogP contribution in [0, 0.1) is 5.92 Å². The lowest BCUT2D eigenvalue weighted by Crippen LogP contribution is -2.13. The van der Waals surface area contributed by atoms with Gasteiger partial charge in [0.1, 0.15) is 5.82 Å². The quantitative estimate of drug-likeness (QED) is 0.489. The molecule has 0 saturated carbocycles. The number of hydrogen-bond acceptors (Lipinski definition) is 4. The summed E-state index contributed by atoms with van der Waals surface area (Å²) in [5.74, 6) is 0.502. The van der Waals surface area contributed by atoms with Gasteiger partial charge in [-0.3, -0.25) is 4.79 Å². The summed E-state index contributed by atoms with van der Waals surface area (Å²) in [4.78, 5) is 16.1. The minimum Gasteiger partial charge on any atom is -0.381 e. The lowest BCUT2D eigenvalue weighted by atomic mass is 10.0. The Kier molecular flexibility index (Phi) is 7.74. The molecule has 1 unspecified atom stereocenters. The van der Waals surface area contributed by atoms with Crippen LogP contribution in [0.5, 0.6) is 0 Å². The highest BCUT2D eigenvalue weighted by atomic mass is 16.5. The number of benzene rings is 2. The van der Waals surface area contributed by atoms with Crippen LogP contribution in [0.3, 0.4) is 0 Å². The minimum atomic E-state index is -0.628. The lowest BCUT2D eigenvalue weighted by molar-refractivity contribution is 0.0990. The summed E-state index contributed by atoms with van der Waals surface area (Å²) in [5, 5.41) is 4.37. The van der Waals surface area contributed by atoms with Gasteiger partial charge in [-0.05, 0) is 42.0 Å². The summed E-state index contributed by atoms with van der Waals surface area (Å²) in [6.07, 6.45) is 3.71. The van der Waals surface area contributed by atoms with E-state index in [-0.39, 0.29) is 5.82 Å². The Balaban J connectivity index is 1.79. The van der Waals surface area contributed by atoms with Crippen LogP contribution in [-0.2, 0) is 17.6 Å². The third kappa shape index (κ3) is 6.00. The molecule has 0 aliphatic carbocycles. The molecular formula is C24H30N4O2. The second-order valence-corrected chi connectivity index (χ2v) is 7.70. The number of carbonyl (C=O) groups is 1. The van der Waals surface area contributed by atoms with Gasteiger partial charge in [0.25, 0.3) is 5.91 Å². The molecule has 1 amide bonds. The van der Waals surface area contributed by atoms with E-state index in [2.05, 4.69) is 36.1 Å². The largest absolute Gasteiger partial charge is 0.381 e. The molecule has 158 valence electrons. The summed E-state index contributed by atoms with van der Waals surface area (Å²) < 4.78 is 7.48. The van der Waals surface area contributed by atoms with Crippen LogP contribution < -0.4 is 5.73 Å². The van der Waals surface area contributed by atoms with Crippen molar-refractivity contribution in [2.24, 2.45) is 11.7 Å². The molecule has 0 aliphatic heterocycles. The molecule has 0 saturated heterocycles. The van der Waals surface area contributed by atoms with Gasteiger partial charge in [-0.25, -0.2) is 9.67 Å². The molecule has 1 atom stereocenters. The van der Waals surface area contributed by atoms with Gasteiger partial charge in [0.05, 0.1) is 5.69 Å². The van der Waals surface area contributed by atoms with Crippen molar-refractivity contribution in [1.29, 1.82) is 0 Å². The maximum absolute atomic E-state index is 11.7. The van der Waals surface area contributed by atoms with Crippen LogP contribution in [0.4, 0.5) is 0 Å². The third-order valence-corrected chi connectivity index (χ3v) is 4.88. The van der Waals surface area contributed by atoms with Gasteiger partial charge < -0.3 is 10.5 Å². The number of hydrogen-bond donors (Lipinski definition) is 1. The van der Waals surface area contributed by atoms with Crippen molar-refractivity contribution >= 4 is 5.91 Å². The molecule has 3 aromatic rings. The van der Waals surface area contributed by atoms with E-state index in [1.54, 1.807) is 4.68 Å². The summed E-state index contributed by atoms with van der Waals surface area (Å²) in [6, 6.07) is 18.2. The minimum absolute atomic E-state index is 0.0315. The number of unbranched alkanes of at least 4 members (excludes halogenated alkanes) is 1. The third-order valence-electron chi connectivity index (χ3n) is 4.88. The van der Waals surface area contributed by atoms with Crippen molar-refractivity contribution in [3.8, 4) is 5.69 Å². The average Bonchev–Trinajstić information content (AvgIpc) is 3.16. The molecule has 2 aromatic carbocycles. The van der Waals surface area contributed by atoms with Crippen LogP contribution >= 0.6 is 0 Å². The molecule has 0 bridgehead atoms. The Hall–Kier alpha value is -2.99. The van der Waals surface area contributed by atoms with Gasteiger partial charge in [-0.2, -0.15) is 0 Å². The Labute approximate surface area is 178 Å². The molecular weight excluding hydrogens is 376 g/mol. The number of amides is 1. The number of carbonyl (C=O) groups excluding carboxylic acids is 1. The van der Waals surface area contributed by atoms with Crippen LogP contribution in [-0.4, -0.2) is 33.9 Å². The summed E-state index contributed by atoms with van der Waals surface area (Å²) >= 11 is 0. The molecule has 0 fully saturated rings. The number of aromatic nitrogens is 3. The van der Waals surface area contributed by atoms with E-state index in [1.165, 1.54) is 5.56 Å². The summed E-state index contributed by atoms with van der Waals surface area (Å²) in [7, 11) is 0. The zero-order chi connectivity index (χ0) is 21.3. The van der Waals surface area contributed by atoms with Crippen LogP contribution in [0.25, 0.3) is 5.69 Å². The summed E-state index contributed by atoms with van der Waals surface area (Å²) in [5.41, 5.74) is 8.60. The van der Waals surface area contributed by atoms with Gasteiger partial charge in [0.15, 0.2) is 0 Å². The van der Waals surface area contributed by atoms with Gasteiger partial charge >= 0.3 is 0 Å². The second-order valence-electron chi connectivity index (χ2n) is 7.70. The van der Waals surface area contributed by atoms with Crippen molar-refractivity contribution in [3.05, 3.63) is 77.4 Å². The van der Waals surface area contributed by atoms with Gasteiger partial charge in [-0.1, -0.05) is 62.7 Å². The fourth-order valence-electron chi connectivity index (χ4n) is 3.36. The molecule has 6 nitrogen and oxygen atoms in total. The van der Waals surface area contributed by atoms with E-state index < -0.39 is 5.91 Å². The molecule has 3 rings (SSSR count). The number of nitrogens with two attached hydrogens (primary N) is 1. The Morgan fingerprint density at radius 3 is 2.63 bits per heavy atom. The Morgan fingerprint density at radius 1 is 1.13 bits per heavy atom. The Morgan fingerprint density at radius 2 is 1.90 bits per heavy atom. The first-order valence-corrected chi connectivity index (χ1v) is 10.5. The first-order chi connectivity index (χ1) is 14.6. The van der Waals surface area contributed by atoms with Crippen molar-refractivity contribution < 1.29 is 9.53 Å². The number of primary amides is 1. The maximum Gasteiger partial charge on any atom is 0.288 e. The normalized spacial score (nSPS) is 12.1. The van der Waals surface area contributed by atoms with Crippen LogP contribution in [0.15, 0.2) is 54.6 Å². The molecule has 0 radical (unpaired) electrons. The van der Waals surface area contributed by atoms with Crippen molar-refractivity contribution in [2.75, 3.05) is 13.2 Å². The smallest absolute Gasteiger partial charge is 0.288 e. The SMILES string of the molecule is CCCCOCC(C)Cc1cccc(-n2nc(C(N)=O)nc2Cc2ccccc2)c1. The van der Waals surface area contributed by atoms with E-state index in [0.29, 0.717) is 18.2 Å². The fourth-order valence-corrected chi connectivity index (χ4v) is 3.36. The molecule has 2 N–H and O–H groups in total. The average molecular weight is 407 g/mol. The van der Waals surface area contributed by atoms with Crippen LogP contribution in [0.2, 0.25) is 0 Å². The highest BCUT2D eigenvalue weighted by Gasteiger charge is 2.16. The predicted molar refractivity (Wildman–Crippen MR) is 118 cm³/mol. The first kappa shape index (κ1) is 21.7. The standard InChI is InChI=1S/C24H30N4O2/c1-3-4-13-30-17-18(2)14-20-11-8-12-21(15-20)28-22(26-24(27-28)23(25)29)16-19-9-6-5-7-10-19/h5-12,15,18H,3-4,13-14,16-17H2,1-2H3,(H2,25,29). The zero-order valence-electron chi connectivity index (χ0n) is 17.8. The monoisotopic (exact) mass is 406 g/mol. The van der Waals surface area contributed by atoms with E-state index in [9.17, 15) is 4.79 Å². The number of ether oxygens (including phenoxy) is 1. The highest BCUT2D eigenvalue weighted by Crippen LogP contribution is 2.18. The van der Waals surface area contributed by atoms with Crippen LogP contribution in [0.1, 0.15) is 54.3 Å². The predicted octanol–water partition coefficient (Wildman–Crippen LogP) is 3.95. The van der Waals surface area contributed by atoms with Crippen molar-refractivity contribution in [3.63, 3.8) is 0 Å². The summed E-state index contributed by atoms with van der Waals surface area (Å²) in [6.45, 7) is 5.93. The fraction of sp³-hybridized carbons (Fsp3) is 0.375. The number of nitrogens with zero attached hydrogens (tertiary/aromatic N) is 3. The van der Waals surface area contributed by atoms with Gasteiger partial charge in [0.2, 0.25) is 5.82 Å². The van der Waals surface area contributed by atoms with E-state index in [4.69, 9.17) is 10.5 Å². The van der Waals surface area contributed by atoms with Gasteiger partial charge in [0, 0.05) is 19.6 Å². The first-order valence-electron chi connectivity index (χ1n) is 10.5. The zero-order valence-corrected chi connectivity index (χ0v) is 17.8. The number of rotatable bonds is 11. The lowest BCUT2D eigenvalue weighted by Gasteiger charge is -2.13. The van der Waals surface area contributed by atoms with Gasteiger partial charge in [-0.15, -0.1) is 5.10 Å². The van der Waals surface area contributed by atoms with E-state index >= 15 is 0 Å². The van der Waals surface area contributed by atoms with E-state index in [0.717, 1.165) is 43.7 Å². The molecule has 1 heterocycles. The van der Waals surface area contributed by atoms with Crippen molar-refractivity contribution in [2.45, 2.75) is 39.5 Å². The topological polar surface area (TPSA) is 83.0 Å². The molecule has 6 heteroatoms.